The third-order valence-electron chi connectivity index (χ3n) is 1.40. The minimum absolute atomic E-state index is 0.461. The van der Waals surface area contributed by atoms with E-state index in [-0.39, 0.29) is 0 Å². The van der Waals surface area contributed by atoms with Crippen LogP contribution in [0.4, 0.5) is 0 Å². The Morgan fingerprint density at radius 2 is 2.00 bits per heavy atom. The molecule has 0 aromatic carbocycles. The van der Waals surface area contributed by atoms with Crippen molar-refractivity contribution in [3.05, 3.63) is 0 Å². The first-order valence-corrected chi connectivity index (χ1v) is 4.94. The van der Waals surface area contributed by atoms with E-state index in [4.69, 9.17) is 12.2 Å². The van der Waals surface area contributed by atoms with Crippen molar-refractivity contribution in [3.8, 4) is 0 Å². The van der Waals surface area contributed by atoms with E-state index < -0.39 is 0 Å². The van der Waals surface area contributed by atoms with Crippen LogP contribution < -0.4 is 0 Å². The summed E-state index contributed by atoms with van der Waals surface area (Å²) in [5, 5.41) is 1.93. The summed E-state index contributed by atoms with van der Waals surface area (Å²) in [7, 11) is 0.461. The Morgan fingerprint density at radius 3 is 2.12 bits per heavy atom. The van der Waals surface area contributed by atoms with E-state index in [1.165, 1.54) is 12.8 Å². The van der Waals surface area contributed by atoms with Gasteiger partial charge in [0.1, 0.15) is 5.11 Å². The third-order valence-corrected chi connectivity index (χ3v) is 3.52. The molecule has 0 heterocycles. The maximum Gasteiger partial charge on any atom is 0.116 e. The molecule has 0 aromatic heterocycles. The number of hydrogen-bond donors (Lipinski definition) is 0. The zero-order chi connectivity index (χ0) is 6.41. The first-order chi connectivity index (χ1) is 3.85. The van der Waals surface area contributed by atoms with Crippen molar-refractivity contribution in [2.45, 2.75) is 32.3 Å². The van der Waals surface area contributed by atoms with Gasteiger partial charge in [-0.25, -0.2) is 0 Å². The number of rotatable bonds is 4. The lowest BCUT2D eigenvalue weighted by Gasteiger charge is -1.99. The summed E-state index contributed by atoms with van der Waals surface area (Å²) in [5.74, 6) is 0. The molecule has 2 heteroatoms. The lowest BCUT2D eigenvalue weighted by atomic mass is 10.3. The molecule has 0 aliphatic heterocycles. The monoisotopic (exact) mass is 149 g/mol. The quantitative estimate of drug-likeness (QED) is 0.437. The van der Waals surface area contributed by atoms with Gasteiger partial charge in [-0.2, -0.15) is 0 Å². The van der Waals surface area contributed by atoms with Crippen molar-refractivity contribution in [1.82, 2.24) is 0 Å². The lowest BCUT2D eigenvalue weighted by Crippen LogP contribution is -1.93. The Hall–Kier alpha value is 0.520. The second-order valence-electron chi connectivity index (χ2n) is 1.91. The largest absolute Gasteiger partial charge is 0.116 e. The second kappa shape index (κ2) is 5.65. The topological polar surface area (TPSA) is 0 Å². The van der Waals surface area contributed by atoms with Crippen LogP contribution in [0, 0.1) is 0 Å². The zero-order valence-electron chi connectivity index (χ0n) is 5.55. The predicted molar refractivity (Wildman–Crippen MR) is 47.7 cm³/mol. The van der Waals surface area contributed by atoms with Gasteiger partial charge in [0.25, 0.3) is 0 Å². The van der Waals surface area contributed by atoms with Crippen LogP contribution in [0.1, 0.15) is 26.7 Å². The van der Waals surface area contributed by atoms with Crippen LogP contribution in [0.5, 0.6) is 0 Å². The normalized spacial score (nSPS) is 11.4. The minimum Gasteiger partial charge on any atom is -0.0616 e. The Bertz CT molecular complexity index is 59.5. The summed E-state index contributed by atoms with van der Waals surface area (Å²) in [6, 6.07) is 0. The number of thiocarbonyl (C=S) groups is 1. The van der Waals surface area contributed by atoms with Crippen molar-refractivity contribution in [2.75, 3.05) is 0 Å². The van der Waals surface area contributed by atoms with Crippen LogP contribution in [0.3, 0.4) is 0 Å². The maximum absolute atomic E-state index is 4.77. The van der Waals surface area contributed by atoms with Crippen molar-refractivity contribution in [2.24, 2.45) is 0 Å². The second-order valence-corrected chi connectivity index (χ2v) is 4.32. The molecule has 0 saturated heterocycles. The molecule has 8 heavy (non-hydrogen) atoms. The highest BCUT2D eigenvalue weighted by Crippen LogP contribution is 2.21. The van der Waals surface area contributed by atoms with E-state index in [2.05, 4.69) is 13.8 Å². The summed E-state index contributed by atoms with van der Waals surface area (Å²) in [6.07, 6.45) is 2.61. The summed E-state index contributed by atoms with van der Waals surface area (Å²) < 4.78 is 0. The fraction of sp³-hybridized carbons (Fsp3) is 0.833. The fourth-order valence-electron chi connectivity index (χ4n) is 0.672. The van der Waals surface area contributed by atoms with Crippen LogP contribution in [0.25, 0.3) is 0 Å². The van der Waals surface area contributed by atoms with E-state index in [0.717, 1.165) is 5.66 Å². The Morgan fingerprint density at radius 1 is 1.50 bits per heavy atom. The summed E-state index contributed by atoms with van der Waals surface area (Å²) in [4.78, 5) is 0. The molecule has 48 valence electrons. The van der Waals surface area contributed by atoms with Crippen molar-refractivity contribution < 1.29 is 0 Å². The van der Waals surface area contributed by atoms with Crippen LogP contribution in [0.2, 0.25) is 0 Å². The van der Waals surface area contributed by atoms with E-state index in [9.17, 15) is 0 Å². The van der Waals surface area contributed by atoms with E-state index >= 15 is 0 Å². The summed E-state index contributed by atoms with van der Waals surface area (Å²) in [5.41, 5.74) is 0.924. The molecule has 0 N–H and O–H groups in total. The molecule has 0 aliphatic carbocycles. The highest BCUT2D eigenvalue weighted by molar-refractivity contribution is 7.90. The third kappa shape index (κ3) is 3.51. The fourth-order valence-corrected chi connectivity index (χ4v) is 2.11. The molecule has 0 nitrogen and oxygen atoms in total. The van der Waals surface area contributed by atoms with E-state index in [1.54, 1.807) is 0 Å². The van der Waals surface area contributed by atoms with Gasteiger partial charge >= 0.3 is 0 Å². The molecule has 0 aliphatic rings. The predicted octanol–water partition coefficient (Wildman–Crippen LogP) is 2.54. The number of hydrogen-bond acceptors (Lipinski definition) is 1. The molecular formula is C6H14PS+. The van der Waals surface area contributed by atoms with Gasteiger partial charge in [-0.1, -0.05) is 13.8 Å². The zero-order valence-corrected chi connectivity index (χ0v) is 7.53. The average molecular weight is 149 g/mol. The Balaban J connectivity index is 3.20. The molecular weight excluding hydrogens is 135 g/mol. The van der Waals surface area contributed by atoms with Gasteiger partial charge < -0.3 is 0 Å². The van der Waals surface area contributed by atoms with Crippen molar-refractivity contribution in [3.63, 3.8) is 0 Å². The van der Waals surface area contributed by atoms with Gasteiger partial charge in [-0.15, -0.1) is 0 Å². The van der Waals surface area contributed by atoms with Gasteiger partial charge in [-0.3, -0.25) is 0 Å². The maximum atomic E-state index is 4.77. The Labute approximate surface area is 58.8 Å². The minimum atomic E-state index is 0.461. The molecule has 0 rings (SSSR count). The van der Waals surface area contributed by atoms with Crippen molar-refractivity contribution in [1.29, 1.82) is 0 Å². The van der Waals surface area contributed by atoms with Gasteiger partial charge in [-0.05, 0) is 25.1 Å². The molecule has 1 atom stereocenters. The van der Waals surface area contributed by atoms with Gasteiger partial charge in [0.15, 0.2) is 0 Å². The van der Waals surface area contributed by atoms with Crippen LogP contribution in [-0.4, -0.2) is 10.8 Å². The Kier molecular flexibility index (Phi) is 6.02. The lowest BCUT2D eigenvalue weighted by molar-refractivity contribution is 0.791. The molecule has 0 fully saturated rings. The molecule has 0 radical (unpaired) electrons. The van der Waals surface area contributed by atoms with Gasteiger partial charge in [0.2, 0.25) is 0 Å². The van der Waals surface area contributed by atoms with Crippen LogP contribution in [0.15, 0.2) is 0 Å². The molecule has 0 amide bonds. The van der Waals surface area contributed by atoms with E-state index in [0.29, 0.717) is 8.58 Å². The van der Waals surface area contributed by atoms with Crippen LogP contribution >= 0.6 is 20.8 Å². The standard InChI is InChI=1S/C6H13PS/c1-3-6(4-2)7-5-8/h5-7H,3-4H2,1-2H3/p+1. The SMILES string of the molecule is CCC(CC)[PH2+]C=S. The smallest absolute Gasteiger partial charge is 0.0616 e. The summed E-state index contributed by atoms with van der Waals surface area (Å²) in [6.45, 7) is 4.47. The molecule has 0 aromatic rings. The molecule has 0 bridgehead atoms. The summed E-state index contributed by atoms with van der Waals surface area (Å²) >= 11 is 4.77. The molecule has 0 saturated carbocycles. The van der Waals surface area contributed by atoms with Crippen LogP contribution in [-0.2, 0) is 0 Å². The first kappa shape index (κ1) is 8.52. The van der Waals surface area contributed by atoms with Crippen molar-refractivity contribution >= 4 is 25.9 Å². The highest BCUT2D eigenvalue weighted by Gasteiger charge is 2.04. The average Bonchev–Trinajstić information content (AvgIpc) is 1.83. The molecule has 1 unspecified atom stereocenters. The molecule has 0 spiro atoms. The van der Waals surface area contributed by atoms with E-state index in [1.807, 2.05) is 5.11 Å². The van der Waals surface area contributed by atoms with Gasteiger partial charge in [0.05, 0.1) is 5.66 Å². The van der Waals surface area contributed by atoms with Gasteiger partial charge in [0, 0.05) is 8.58 Å². The highest BCUT2D eigenvalue weighted by atomic mass is 32.1. The first-order valence-electron chi connectivity index (χ1n) is 3.13.